The van der Waals surface area contributed by atoms with Crippen LogP contribution in [0.3, 0.4) is 0 Å². The number of rotatable bonds is 3. The second-order valence-corrected chi connectivity index (χ2v) is 5.33. The second kappa shape index (κ2) is 5.36. The molecule has 2 rings (SSSR count). The van der Waals surface area contributed by atoms with Crippen LogP contribution in [0.1, 0.15) is 11.1 Å². The van der Waals surface area contributed by atoms with Crippen LogP contribution in [0.4, 0.5) is 0 Å². The van der Waals surface area contributed by atoms with Gasteiger partial charge in [-0.25, -0.2) is 0 Å². The minimum Gasteiger partial charge on any atom is -0.508 e. The SMILES string of the molecule is COc1ccc(Sc2ccc(O)c(C)c2)cc1C. The molecule has 0 amide bonds. The Morgan fingerprint density at radius 3 is 2.11 bits per heavy atom. The largest absolute Gasteiger partial charge is 0.508 e. The van der Waals surface area contributed by atoms with Crippen LogP contribution in [0, 0.1) is 13.8 Å². The molecule has 0 fully saturated rings. The van der Waals surface area contributed by atoms with Crippen molar-refractivity contribution in [3.63, 3.8) is 0 Å². The molecule has 0 spiro atoms. The Morgan fingerprint density at radius 2 is 1.56 bits per heavy atom. The number of aromatic hydroxyl groups is 1. The normalized spacial score (nSPS) is 10.4. The fourth-order valence-corrected chi connectivity index (χ4v) is 2.76. The lowest BCUT2D eigenvalue weighted by molar-refractivity contribution is 0.411. The molecule has 0 aliphatic rings. The molecule has 0 aliphatic heterocycles. The Morgan fingerprint density at radius 1 is 0.944 bits per heavy atom. The number of methoxy groups -OCH3 is 1. The first-order chi connectivity index (χ1) is 8.60. The van der Waals surface area contributed by atoms with E-state index in [2.05, 4.69) is 6.07 Å². The molecule has 1 N–H and O–H groups in total. The summed E-state index contributed by atoms with van der Waals surface area (Å²) < 4.78 is 5.24. The predicted molar refractivity (Wildman–Crippen MR) is 74.7 cm³/mol. The minimum absolute atomic E-state index is 0.338. The van der Waals surface area contributed by atoms with E-state index >= 15 is 0 Å². The van der Waals surface area contributed by atoms with E-state index in [0.29, 0.717) is 5.75 Å². The van der Waals surface area contributed by atoms with E-state index in [1.54, 1.807) is 24.9 Å². The van der Waals surface area contributed by atoms with E-state index in [1.165, 1.54) is 4.90 Å². The highest BCUT2D eigenvalue weighted by atomic mass is 32.2. The molecule has 2 nitrogen and oxygen atoms in total. The van der Waals surface area contributed by atoms with Crippen molar-refractivity contribution in [2.24, 2.45) is 0 Å². The third-order valence-electron chi connectivity index (χ3n) is 2.77. The van der Waals surface area contributed by atoms with Crippen LogP contribution in [-0.2, 0) is 0 Å². The lowest BCUT2D eigenvalue weighted by Gasteiger charge is -2.08. The predicted octanol–water partition coefficient (Wildman–Crippen LogP) is 4.17. The quantitative estimate of drug-likeness (QED) is 0.898. The van der Waals surface area contributed by atoms with Crippen LogP contribution in [-0.4, -0.2) is 12.2 Å². The van der Waals surface area contributed by atoms with E-state index < -0.39 is 0 Å². The zero-order chi connectivity index (χ0) is 13.1. The molecule has 2 aromatic rings. The van der Waals surface area contributed by atoms with Gasteiger partial charge in [0.2, 0.25) is 0 Å². The highest BCUT2D eigenvalue weighted by molar-refractivity contribution is 7.99. The molecule has 0 unspecified atom stereocenters. The van der Waals surface area contributed by atoms with Gasteiger partial charge in [0.1, 0.15) is 11.5 Å². The van der Waals surface area contributed by atoms with Crippen molar-refractivity contribution in [3.05, 3.63) is 47.5 Å². The molecule has 0 aromatic heterocycles. The Bertz CT molecular complexity index is 564. The monoisotopic (exact) mass is 260 g/mol. The zero-order valence-electron chi connectivity index (χ0n) is 10.7. The molecule has 0 saturated carbocycles. The summed E-state index contributed by atoms with van der Waals surface area (Å²) in [6, 6.07) is 11.8. The average Bonchev–Trinajstić information content (AvgIpc) is 2.34. The van der Waals surface area contributed by atoms with Gasteiger partial charge in [-0.15, -0.1) is 0 Å². The van der Waals surface area contributed by atoms with E-state index in [1.807, 2.05) is 38.1 Å². The van der Waals surface area contributed by atoms with Crippen LogP contribution < -0.4 is 4.74 Å². The maximum Gasteiger partial charge on any atom is 0.121 e. The van der Waals surface area contributed by atoms with Gasteiger partial charge in [0.25, 0.3) is 0 Å². The van der Waals surface area contributed by atoms with E-state index in [0.717, 1.165) is 21.8 Å². The molecule has 18 heavy (non-hydrogen) atoms. The van der Waals surface area contributed by atoms with Crippen LogP contribution in [0.2, 0.25) is 0 Å². The van der Waals surface area contributed by atoms with Crippen molar-refractivity contribution < 1.29 is 9.84 Å². The summed E-state index contributed by atoms with van der Waals surface area (Å²) in [6.07, 6.45) is 0. The van der Waals surface area contributed by atoms with Crippen molar-refractivity contribution in [2.45, 2.75) is 23.6 Å². The number of benzene rings is 2. The maximum absolute atomic E-state index is 9.50. The number of ether oxygens (including phenoxy) is 1. The summed E-state index contributed by atoms with van der Waals surface area (Å²) in [4.78, 5) is 2.29. The highest BCUT2D eigenvalue weighted by Crippen LogP contribution is 2.32. The third kappa shape index (κ3) is 2.79. The maximum atomic E-state index is 9.50. The summed E-state index contributed by atoms with van der Waals surface area (Å²) in [5.74, 6) is 1.24. The van der Waals surface area contributed by atoms with Gasteiger partial charge in [-0.3, -0.25) is 0 Å². The summed E-state index contributed by atoms with van der Waals surface area (Å²) in [7, 11) is 1.68. The van der Waals surface area contributed by atoms with Crippen molar-refractivity contribution in [1.29, 1.82) is 0 Å². The van der Waals surface area contributed by atoms with Crippen LogP contribution in [0.25, 0.3) is 0 Å². The van der Waals surface area contributed by atoms with Gasteiger partial charge in [-0.2, -0.15) is 0 Å². The first kappa shape index (κ1) is 12.8. The molecule has 94 valence electrons. The summed E-state index contributed by atoms with van der Waals surface area (Å²) in [5, 5.41) is 9.50. The smallest absolute Gasteiger partial charge is 0.121 e. The average molecular weight is 260 g/mol. The zero-order valence-corrected chi connectivity index (χ0v) is 11.5. The molecule has 0 heterocycles. The third-order valence-corrected chi connectivity index (χ3v) is 3.75. The van der Waals surface area contributed by atoms with Crippen molar-refractivity contribution >= 4 is 11.8 Å². The Balaban J connectivity index is 2.23. The summed E-state index contributed by atoms with van der Waals surface area (Å²) in [6.45, 7) is 3.93. The van der Waals surface area contributed by atoms with Crippen molar-refractivity contribution in [3.8, 4) is 11.5 Å². The van der Waals surface area contributed by atoms with Crippen LogP contribution >= 0.6 is 11.8 Å². The van der Waals surface area contributed by atoms with Gasteiger partial charge < -0.3 is 9.84 Å². The Labute approximate surface area is 112 Å². The molecule has 3 heteroatoms. The molecule has 0 saturated heterocycles. The molecule has 2 aromatic carbocycles. The number of aryl methyl sites for hydroxylation is 2. The van der Waals surface area contributed by atoms with E-state index in [9.17, 15) is 5.11 Å². The molecular formula is C15H16O2S. The molecule has 0 radical (unpaired) electrons. The first-order valence-electron chi connectivity index (χ1n) is 5.72. The van der Waals surface area contributed by atoms with Gasteiger partial charge in [0.15, 0.2) is 0 Å². The van der Waals surface area contributed by atoms with Crippen LogP contribution in [0.15, 0.2) is 46.2 Å². The summed E-state index contributed by atoms with van der Waals surface area (Å²) in [5.41, 5.74) is 2.02. The molecular weight excluding hydrogens is 244 g/mol. The van der Waals surface area contributed by atoms with E-state index in [4.69, 9.17) is 4.74 Å². The lowest BCUT2D eigenvalue weighted by Crippen LogP contribution is -1.86. The van der Waals surface area contributed by atoms with E-state index in [-0.39, 0.29) is 0 Å². The number of phenolic OH excluding ortho intramolecular Hbond substituents is 1. The standard InChI is InChI=1S/C15H16O2S/c1-10-8-12(4-6-14(10)16)18-13-5-7-15(17-3)11(2)9-13/h4-9,16H,1-3H3. The number of hydrogen-bond acceptors (Lipinski definition) is 3. The Kier molecular flexibility index (Phi) is 3.82. The molecule has 0 bridgehead atoms. The van der Waals surface area contributed by atoms with Crippen molar-refractivity contribution in [1.82, 2.24) is 0 Å². The van der Waals surface area contributed by atoms with Gasteiger partial charge in [-0.1, -0.05) is 11.8 Å². The van der Waals surface area contributed by atoms with Gasteiger partial charge in [-0.05, 0) is 61.4 Å². The van der Waals surface area contributed by atoms with Gasteiger partial charge in [0.05, 0.1) is 7.11 Å². The minimum atomic E-state index is 0.338. The fourth-order valence-electron chi connectivity index (χ4n) is 1.74. The summed E-state index contributed by atoms with van der Waals surface area (Å²) >= 11 is 1.68. The lowest BCUT2D eigenvalue weighted by atomic mass is 10.2. The fraction of sp³-hybridized carbons (Fsp3) is 0.200. The molecule has 0 atom stereocenters. The Hall–Kier alpha value is -1.61. The van der Waals surface area contributed by atoms with Crippen LogP contribution in [0.5, 0.6) is 11.5 Å². The van der Waals surface area contributed by atoms with Crippen molar-refractivity contribution in [2.75, 3.05) is 7.11 Å². The topological polar surface area (TPSA) is 29.5 Å². The second-order valence-electron chi connectivity index (χ2n) is 4.18. The van der Waals surface area contributed by atoms with Gasteiger partial charge in [0, 0.05) is 9.79 Å². The molecule has 0 aliphatic carbocycles. The highest BCUT2D eigenvalue weighted by Gasteiger charge is 2.03. The first-order valence-corrected chi connectivity index (χ1v) is 6.54. The van der Waals surface area contributed by atoms with Gasteiger partial charge >= 0.3 is 0 Å². The number of phenols is 1. The number of hydrogen-bond donors (Lipinski definition) is 1.